The number of hydrogen-bond donors (Lipinski definition) is 1. The van der Waals surface area contributed by atoms with Gasteiger partial charge >= 0.3 is 5.97 Å². The highest BCUT2D eigenvalue weighted by molar-refractivity contribution is 5.79. The molecule has 16 heavy (non-hydrogen) atoms. The first kappa shape index (κ1) is 12.3. The van der Waals surface area contributed by atoms with E-state index >= 15 is 0 Å². The molecule has 0 spiro atoms. The summed E-state index contributed by atoms with van der Waals surface area (Å²) in [4.78, 5) is 12.5. The lowest BCUT2D eigenvalue weighted by Crippen LogP contribution is -2.24. The minimum absolute atomic E-state index is 0.629. The van der Waals surface area contributed by atoms with Crippen LogP contribution >= 0.6 is 0 Å². The van der Waals surface area contributed by atoms with Gasteiger partial charge in [-0.25, -0.2) is 4.79 Å². The van der Waals surface area contributed by atoms with Crippen LogP contribution in [0.25, 0.3) is 0 Å². The number of benzene rings is 1. The number of carboxylic acid groups (broad SMARTS) is 1. The van der Waals surface area contributed by atoms with Crippen molar-refractivity contribution in [3.05, 3.63) is 42.5 Å². The van der Waals surface area contributed by atoms with Crippen LogP contribution < -0.4 is 4.90 Å². The largest absolute Gasteiger partial charge is 0.478 e. The van der Waals surface area contributed by atoms with Gasteiger partial charge in [0, 0.05) is 24.9 Å². The van der Waals surface area contributed by atoms with Crippen LogP contribution in [0.15, 0.2) is 42.5 Å². The number of carboxylic acids is 1. The molecule has 0 aliphatic heterocycles. The maximum atomic E-state index is 10.4. The summed E-state index contributed by atoms with van der Waals surface area (Å²) in [6, 6.07) is 10.0. The summed E-state index contributed by atoms with van der Waals surface area (Å²) in [7, 11) is 0. The topological polar surface area (TPSA) is 40.5 Å². The van der Waals surface area contributed by atoms with Crippen molar-refractivity contribution in [2.24, 2.45) is 0 Å². The van der Waals surface area contributed by atoms with Gasteiger partial charge < -0.3 is 10.0 Å². The zero-order valence-corrected chi connectivity index (χ0v) is 9.47. The van der Waals surface area contributed by atoms with Gasteiger partial charge in [0.2, 0.25) is 0 Å². The standard InChI is InChI=1S/C13H17NO2/c1-2-10-14(11-6-9-13(15)16)12-7-4-3-5-8-12/h3-9H,2,10-11H2,1H3,(H,15,16)/b9-6+. The molecule has 0 saturated heterocycles. The Labute approximate surface area is 96.0 Å². The maximum Gasteiger partial charge on any atom is 0.328 e. The van der Waals surface area contributed by atoms with Gasteiger partial charge in [-0.3, -0.25) is 0 Å². The van der Waals surface area contributed by atoms with E-state index < -0.39 is 5.97 Å². The summed E-state index contributed by atoms with van der Waals surface area (Å²) in [5, 5.41) is 8.52. The van der Waals surface area contributed by atoms with Gasteiger partial charge in [0.15, 0.2) is 0 Å². The van der Waals surface area contributed by atoms with Gasteiger partial charge in [0.25, 0.3) is 0 Å². The van der Waals surface area contributed by atoms with Crippen molar-refractivity contribution in [3.63, 3.8) is 0 Å². The predicted octanol–water partition coefficient (Wildman–Crippen LogP) is 2.54. The van der Waals surface area contributed by atoms with Crippen molar-refractivity contribution in [2.45, 2.75) is 13.3 Å². The number of rotatable bonds is 6. The highest BCUT2D eigenvalue weighted by Gasteiger charge is 2.02. The third-order valence-corrected chi connectivity index (χ3v) is 2.20. The Bertz CT molecular complexity index is 346. The first-order valence-electron chi connectivity index (χ1n) is 5.43. The number of hydrogen-bond acceptors (Lipinski definition) is 2. The fourth-order valence-corrected chi connectivity index (χ4v) is 1.52. The fraction of sp³-hybridized carbons (Fsp3) is 0.308. The number of para-hydroxylation sites is 1. The number of anilines is 1. The first-order valence-corrected chi connectivity index (χ1v) is 5.43. The van der Waals surface area contributed by atoms with E-state index in [4.69, 9.17) is 5.11 Å². The minimum atomic E-state index is -0.899. The van der Waals surface area contributed by atoms with Gasteiger partial charge in [0.1, 0.15) is 0 Å². The number of nitrogens with zero attached hydrogens (tertiary/aromatic N) is 1. The Morgan fingerprint density at radius 3 is 2.62 bits per heavy atom. The van der Waals surface area contributed by atoms with Gasteiger partial charge in [0.05, 0.1) is 0 Å². The van der Waals surface area contributed by atoms with Crippen LogP contribution in [0.1, 0.15) is 13.3 Å². The summed E-state index contributed by atoms with van der Waals surface area (Å²) in [5.74, 6) is -0.899. The van der Waals surface area contributed by atoms with Crippen LogP contribution in [0.2, 0.25) is 0 Å². The van der Waals surface area contributed by atoms with Crippen LogP contribution in [-0.4, -0.2) is 24.2 Å². The van der Waals surface area contributed by atoms with E-state index in [1.807, 2.05) is 30.3 Å². The van der Waals surface area contributed by atoms with Crippen molar-refractivity contribution < 1.29 is 9.90 Å². The molecule has 86 valence electrons. The molecule has 1 rings (SSSR count). The van der Waals surface area contributed by atoms with Crippen LogP contribution in [0.3, 0.4) is 0 Å². The lowest BCUT2D eigenvalue weighted by atomic mass is 10.2. The van der Waals surface area contributed by atoms with Crippen molar-refractivity contribution in [1.82, 2.24) is 0 Å². The van der Waals surface area contributed by atoms with Gasteiger partial charge in [-0.1, -0.05) is 31.2 Å². The molecule has 0 atom stereocenters. The van der Waals surface area contributed by atoms with E-state index in [0.29, 0.717) is 6.54 Å². The number of carbonyl (C=O) groups is 1. The number of aliphatic carboxylic acids is 1. The van der Waals surface area contributed by atoms with Crippen molar-refractivity contribution in [1.29, 1.82) is 0 Å². The zero-order chi connectivity index (χ0) is 11.8. The van der Waals surface area contributed by atoms with E-state index in [-0.39, 0.29) is 0 Å². The molecular weight excluding hydrogens is 202 g/mol. The molecule has 0 fully saturated rings. The Balaban J connectivity index is 2.64. The van der Waals surface area contributed by atoms with Crippen molar-refractivity contribution in [2.75, 3.05) is 18.0 Å². The van der Waals surface area contributed by atoms with E-state index in [1.54, 1.807) is 6.08 Å². The summed E-state index contributed by atoms with van der Waals surface area (Å²) in [6.07, 6.45) is 3.90. The molecule has 0 unspecified atom stereocenters. The van der Waals surface area contributed by atoms with Crippen LogP contribution in [0.4, 0.5) is 5.69 Å². The molecule has 0 aliphatic carbocycles. The summed E-state index contributed by atoms with van der Waals surface area (Å²) in [5.41, 5.74) is 1.12. The third-order valence-electron chi connectivity index (χ3n) is 2.20. The molecule has 1 aromatic rings. The molecule has 0 heterocycles. The van der Waals surface area contributed by atoms with E-state index in [9.17, 15) is 4.79 Å². The molecule has 0 bridgehead atoms. The molecule has 3 heteroatoms. The molecule has 3 nitrogen and oxygen atoms in total. The molecule has 0 amide bonds. The molecular formula is C13H17NO2. The monoisotopic (exact) mass is 219 g/mol. The second-order valence-electron chi connectivity index (χ2n) is 3.52. The predicted molar refractivity (Wildman–Crippen MR) is 65.7 cm³/mol. The van der Waals surface area contributed by atoms with E-state index in [1.165, 1.54) is 6.08 Å². The Kier molecular flexibility index (Phi) is 5.12. The van der Waals surface area contributed by atoms with Crippen molar-refractivity contribution >= 4 is 11.7 Å². The Morgan fingerprint density at radius 2 is 2.06 bits per heavy atom. The van der Waals surface area contributed by atoms with Crippen LogP contribution in [-0.2, 0) is 4.79 Å². The third kappa shape index (κ3) is 4.17. The SMILES string of the molecule is CCCN(C/C=C/C(=O)O)c1ccccc1. The lowest BCUT2D eigenvalue weighted by Gasteiger charge is -2.22. The highest BCUT2D eigenvalue weighted by atomic mass is 16.4. The molecule has 1 N–H and O–H groups in total. The summed E-state index contributed by atoms with van der Waals surface area (Å²) >= 11 is 0. The van der Waals surface area contributed by atoms with Crippen molar-refractivity contribution in [3.8, 4) is 0 Å². The lowest BCUT2D eigenvalue weighted by molar-refractivity contribution is -0.131. The normalized spacial score (nSPS) is 10.6. The first-order chi connectivity index (χ1) is 7.74. The molecule has 0 aliphatic rings. The van der Waals surface area contributed by atoms with Crippen LogP contribution in [0.5, 0.6) is 0 Å². The van der Waals surface area contributed by atoms with E-state index in [2.05, 4.69) is 11.8 Å². The van der Waals surface area contributed by atoms with Gasteiger partial charge in [-0.15, -0.1) is 0 Å². The zero-order valence-electron chi connectivity index (χ0n) is 9.47. The van der Waals surface area contributed by atoms with Gasteiger partial charge in [-0.05, 0) is 18.6 Å². The summed E-state index contributed by atoms with van der Waals surface area (Å²) in [6.45, 7) is 3.66. The smallest absolute Gasteiger partial charge is 0.328 e. The molecule has 1 aromatic carbocycles. The average Bonchev–Trinajstić information content (AvgIpc) is 2.29. The second kappa shape index (κ2) is 6.67. The van der Waals surface area contributed by atoms with E-state index in [0.717, 1.165) is 18.7 Å². The minimum Gasteiger partial charge on any atom is -0.478 e. The Morgan fingerprint density at radius 1 is 1.38 bits per heavy atom. The quantitative estimate of drug-likeness (QED) is 0.747. The highest BCUT2D eigenvalue weighted by Crippen LogP contribution is 2.13. The average molecular weight is 219 g/mol. The molecule has 0 saturated carbocycles. The molecule has 0 aromatic heterocycles. The molecule has 0 radical (unpaired) electrons. The fourth-order valence-electron chi connectivity index (χ4n) is 1.52. The summed E-state index contributed by atoms with van der Waals surface area (Å²) < 4.78 is 0. The van der Waals surface area contributed by atoms with Crippen LogP contribution in [0, 0.1) is 0 Å². The Hall–Kier alpha value is -1.77. The maximum absolute atomic E-state index is 10.4. The van der Waals surface area contributed by atoms with Gasteiger partial charge in [-0.2, -0.15) is 0 Å². The second-order valence-corrected chi connectivity index (χ2v) is 3.52.